The highest BCUT2D eigenvalue weighted by Crippen LogP contribution is 2.34. The third-order valence-electron chi connectivity index (χ3n) is 5.72. The number of aromatic amines is 1. The fourth-order valence-corrected chi connectivity index (χ4v) is 4.00. The van der Waals surface area contributed by atoms with Crippen LogP contribution in [0.25, 0.3) is 16.9 Å². The second-order valence-corrected chi connectivity index (χ2v) is 8.69. The highest BCUT2D eigenvalue weighted by atomic mass is 16.7. The first kappa shape index (κ1) is 26.5. The Morgan fingerprint density at radius 3 is 2.66 bits per heavy atom. The molecule has 0 aliphatic carbocycles. The Kier molecular flexibility index (Phi) is 7.86. The van der Waals surface area contributed by atoms with E-state index in [4.69, 9.17) is 20.1 Å². The molecule has 0 bridgehead atoms. The largest absolute Gasteiger partial charge is 0.484 e. The van der Waals surface area contributed by atoms with Gasteiger partial charge in [-0.1, -0.05) is 20.4 Å². The quantitative estimate of drug-likeness (QED) is 0.147. The molecule has 3 heterocycles. The minimum absolute atomic E-state index is 0.129. The van der Waals surface area contributed by atoms with Crippen LogP contribution in [0.5, 0.6) is 11.5 Å². The number of aryl methyl sites for hydroxylation is 1. The van der Waals surface area contributed by atoms with Crippen LogP contribution in [0.15, 0.2) is 46.2 Å². The van der Waals surface area contributed by atoms with Crippen molar-refractivity contribution in [2.45, 2.75) is 39.8 Å². The number of benzene rings is 1. The Bertz CT molecular complexity index is 1510. The van der Waals surface area contributed by atoms with Crippen molar-refractivity contribution in [2.75, 3.05) is 25.8 Å². The zero-order valence-electron chi connectivity index (χ0n) is 21.6. The molecule has 1 amide bonds. The van der Waals surface area contributed by atoms with Crippen LogP contribution < -0.4 is 31.9 Å². The Hall–Kier alpha value is -4.52. The number of carbonyl (C=O) groups excluding carboxylic acids is 1. The van der Waals surface area contributed by atoms with E-state index in [-0.39, 0.29) is 37.0 Å². The van der Waals surface area contributed by atoms with E-state index in [0.717, 1.165) is 0 Å². The lowest BCUT2D eigenvalue weighted by molar-refractivity contribution is -0.119. The predicted molar refractivity (Wildman–Crippen MR) is 141 cm³/mol. The smallest absolute Gasteiger partial charge is 0.332 e. The van der Waals surface area contributed by atoms with E-state index < -0.39 is 17.2 Å². The molecule has 0 spiro atoms. The Balaban J connectivity index is 1.54. The molecule has 1 aliphatic rings. The average Bonchev–Trinajstić information content (AvgIpc) is 3.53. The summed E-state index contributed by atoms with van der Waals surface area (Å²) in [6, 6.07) is 5.05. The summed E-state index contributed by atoms with van der Waals surface area (Å²) in [4.78, 5) is 45.9. The number of H-pyrrole nitrogens is 1. The number of nitrogens with one attached hydrogen (secondary N) is 2. The molecule has 2 aromatic heterocycles. The number of nitrogens with zero attached hydrogens (tertiary/aromatic N) is 4. The average molecular weight is 526 g/mol. The summed E-state index contributed by atoms with van der Waals surface area (Å²) in [5.41, 5.74) is 0.431. The van der Waals surface area contributed by atoms with Crippen molar-refractivity contribution in [2.24, 2.45) is 5.84 Å². The van der Waals surface area contributed by atoms with Crippen LogP contribution in [0.1, 0.15) is 32.5 Å². The maximum Gasteiger partial charge on any atom is 0.332 e. The van der Waals surface area contributed by atoms with Crippen molar-refractivity contribution < 1.29 is 19.0 Å². The van der Waals surface area contributed by atoms with Gasteiger partial charge in [-0.05, 0) is 25.0 Å². The maximum atomic E-state index is 13.0. The minimum atomic E-state index is -0.476. The van der Waals surface area contributed by atoms with Crippen molar-refractivity contribution >= 4 is 28.5 Å². The second-order valence-electron chi connectivity index (χ2n) is 8.69. The van der Waals surface area contributed by atoms with Crippen LogP contribution in [0.3, 0.4) is 0 Å². The molecule has 0 atom stereocenters. The van der Waals surface area contributed by atoms with Crippen molar-refractivity contribution in [1.82, 2.24) is 24.1 Å². The number of aromatic nitrogens is 4. The Morgan fingerprint density at radius 2 is 1.95 bits per heavy atom. The highest BCUT2D eigenvalue weighted by Gasteiger charge is 2.20. The standard InChI is InChI=1S/C25H31N7O6/c1-5-9-31-23-21(24(34)32(10-6-2)25(31)35)28-22(29-23)17(30(4)26)11-15(3)36-13-20(33)27-16-7-8-18-19(12-16)38-14-37-18/h7-8,11-12H,3,5-6,9-10,13-14,26H2,1-2,4H3,(H,27,33)(H,28,29)/b17-11-. The van der Waals surface area contributed by atoms with Crippen molar-refractivity contribution in [3.05, 3.63) is 63.3 Å². The molecule has 4 rings (SSSR count). The molecular formula is C25H31N7O6. The third-order valence-corrected chi connectivity index (χ3v) is 5.72. The summed E-state index contributed by atoms with van der Waals surface area (Å²) in [5, 5.41) is 3.98. The number of allylic oxidation sites excluding steroid dienone is 1. The summed E-state index contributed by atoms with van der Waals surface area (Å²) < 4.78 is 18.8. The van der Waals surface area contributed by atoms with Crippen LogP contribution in [-0.2, 0) is 22.6 Å². The number of rotatable bonds is 11. The van der Waals surface area contributed by atoms with Gasteiger partial charge in [-0.25, -0.2) is 15.6 Å². The molecule has 202 valence electrons. The van der Waals surface area contributed by atoms with E-state index >= 15 is 0 Å². The van der Waals surface area contributed by atoms with Crippen molar-refractivity contribution in [1.29, 1.82) is 0 Å². The van der Waals surface area contributed by atoms with Gasteiger partial charge in [0.05, 0.1) is 5.70 Å². The number of hydrazine groups is 1. The summed E-state index contributed by atoms with van der Waals surface area (Å²) in [6.07, 6.45) is 2.80. The summed E-state index contributed by atoms with van der Waals surface area (Å²) in [5.74, 6) is 7.16. The summed E-state index contributed by atoms with van der Waals surface area (Å²) in [6.45, 7) is 8.19. The number of fused-ring (bicyclic) bond motifs is 2. The van der Waals surface area contributed by atoms with E-state index in [1.54, 1.807) is 25.2 Å². The molecule has 1 aliphatic heterocycles. The summed E-state index contributed by atoms with van der Waals surface area (Å²) >= 11 is 0. The zero-order valence-corrected chi connectivity index (χ0v) is 21.6. The van der Waals surface area contributed by atoms with Gasteiger partial charge in [0, 0.05) is 38.0 Å². The monoisotopic (exact) mass is 525 g/mol. The third kappa shape index (κ3) is 5.42. The SMILES string of the molecule is C=C(/C=C(/c1nc2c(=O)n(CCC)c(=O)n(CCC)c2[nH]1)N(C)N)OCC(=O)Nc1ccc2c(c1)OCO2. The van der Waals surface area contributed by atoms with Gasteiger partial charge in [-0.3, -0.25) is 18.7 Å². The number of hydrogen-bond donors (Lipinski definition) is 3. The number of imidazole rings is 1. The molecule has 13 heteroatoms. The van der Waals surface area contributed by atoms with Gasteiger partial charge in [0.15, 0.2) is 29.4 Å². The molecule has 13 nitrogen and oxygen atoms in total. The molecule has 4 N–H and O–H groups in total. The van der Waals surface area contributed by atoms with Gasteiger partial charge in [0.1, 0.15) is 11.4 Å². The van der Waals surface area contributed by atoms with Crippen molar-refractivity contribution in [3.63, 3.8) is 0 Å². The number of anilines is 1. The van der Waals surface area contributed by atoms with Gasteiger partial charge in [-0.15, -0.1) is 0 Å². The van der Waals surface area contributed by atoms with Crippen molar-refractivity contribution in [3.8, 4) is 11.5 Å². The zero-order chi connectivity index (χ0) is 27.4. The molecule has 0 fully saturated rings. The number of hydrogen-bond acceptors (Lipinski definition) is 9. The van der Waals surface area contributed by atoms with E-state index in [0.29, 0.717) is 47.9 Å². The van der Waals surface area contributed by atoms with Crippen LogP contribution in [0.4, 0.5) is 5.69 Å². The number of ether oxygens (including phenoxy) is 3. The molecule has 1 aromatic carbocycles. The fourth-order valence-electron chi connectivity index (χ4n) is 4.00. The lowest BCUT2D eigenvalue weighted by Gasteiger charge is -2.15. The normalized spacial score (nSPS) is 12.6. The molecular weight excluding hydrogens is 494 g/mol. The highest BCUT2D eigenvalue weighted by molar-refractivity contribution is 5.92. The summed E-state index contributed by atoms with van der Waals surface area (Å²) in [7, 11) is 1.58. The number of nitrogens with two attached hydrogens (primary N) is 1. The first-order valence-corrected chi connectivity index (χ1v) is 12.2. The first-order chi connectivity index (χ1) is 18.2. The van der Waals surface area contributed by atoms with Crippen LogP contribution in [-0.4, -0.2) is 50.5 Å². The molecule has 0 saturated heterocycles. The van der Waals surface area contributed by atoms with E-state index in [2.05, 4.69) is 21.9 Å². The maximum absolute atomic E-state index is 13.0. The first-order valence-electron chi connectivity index (χ1n) is 12.2. The molecule has 3 aromatic rings. The molecule has 0 radical (unpaired) electrons. The van der Waals surface area contributed by atoms with Gasteiger partial charge in [0.2, 0.25) is 6.79 Å². The molecule has 38 heavy (non-hydrogen) atoms. The van der Waals surface area contributed by atoms with E-state index in [1.807, 2.05) is 13.8 Å². The fraction of sp³-hybridized carbons (Fsp3) is 0.360. The van der Waals surface area contributed by atoms with Gasteiger partial charge in [-0.2, -0.15) is 0 Å². The molecule has 0 unspecified atom stereocenters. The number of carbonyl (C=O) groups is 1. The topological polar surface area (TPSA) is 159 Å². The van der Waals surface area contributed by atoms with Crippen LogP contribution >= 0.6 is 0 Å². The Labute approximate surface area is 218 Å². The van der Waals surface area contributed by atoms with Gasteiger partial charge >= 0.3 is 5.69 Å². The lowest BCUT2D eigenvalue weighted by atomic mass is 10.3. The predicted octanol–water partition coefficient (Wildman–Crippen LogP) is 1.75. The minimum Gasteiger partial charge on any atom is -0.484 e. The van der Waals surface area contributed by atoms with E-state index in [1.165, 1.54) is 20.2 Å². The van der Waals surface area contributed by atoms with E-state index in [9.17, 15) is 14.4 Å². The Morgan fingerprint density at radius 1 is 1.24 bits per heavy atom. The lowest BCUT2D eigenvalue weighted by Crippen LogP contribution is -2.40. The van der Waals surface area contributed by atoms with Crippen LogP contribution in [0, 0.1) is 0 Å². The number of amides is 1. The van der Waals surface area contributed by atoms with Gasteiger partial charge in [0.25, 0.3) is 11.5 Å². The second kappa shape index (κ2) is 11.3. The van der Waals surface area contributed by atoms with Crippen LogP contribution in [0.2, 0.25) is 0 Å². The van der Waals surface area contributed by atoms with Gasteiger partial charge < -0.3 is 29.5 Å². The molecule has 0 saturated carbocycles.